The molecular weight excluding hydrogens is 883 g/mol. The molecule has 2 heterocycles. The summed E-state index contributed by atoms with van der Waals surface area (Å²) in [5.41, 5.74) is 0. The minimum atomic E-state index is -4.66. The van der Waals surface area contributed by atoms with Gasteiger partial charge in [0.05, 0.1) is 38.1 Å². The molecule has 0 aromatic heterocycles. The fraction of sp³-hybridized carbons (Fsp3) is 0.922. The topological polar surface area (TPSA) is 231 Å². The monoisotopic (exact) mass is 982 g/mol. The van der Waals surface area contributed by atoms with Crippen molar-refractivity contribution >= 4 is 11.2 Å². The first-order chi connectivity index (χ1) is 32.5. The Balaban J connectivity index is 1.88. The van der Waals surface area contributed by atoms with E-state index in [1.807, 2.05) is 0 Å². The van der Waals surface area contributed by atoms with Crippen molar-refractivity contribution < 1.29 is 67.4 Å². The maximum absolute atomic E-state index is 11.1. The van der Waals surface area contributed by atoms with Gasteiger partial charge in [0.1, 0.15) is 36.6 Å². The van der Waals surface area contributed by atoms with Gasteiger partial charge in [-0.2, -0.15) is 0 Å². The number of hydrogen-bond donors (Lipinski definition) is 9. The van der Waals surface area contributed by atoms with Crippen molar-refractivity contribution in [2.75, 3.05) is 46.1 Å². The van der Waals surface area contributed by atoms with Crippen LogP contribution < -0.4 is 0 Å². The van der Waals surface area contributed by atoms with Crippen LogP contribution in [0.4, 0.5) is 0 Å². The molecule has 0 aliphatic carbocycles. The van der Waals surface area contributed by atoms with Crippen LogP contribution in [0.3, 0.4) is 0 Å². The number of hydrogen-bond acceptors (Lipinski definition) is 15. The van der Waals surface area contributed by atoms with Crippen LogP contribution in [0.15, 0.2) is 24.3 Å². The van der Waals surface area contributed by atoms with Gasteiger partial charge in [-0.15, -0.1) is 0 Å². The molecule has 10 atom stereocenters. The molecule has 0 saturated carbocycles. The van der Waals surface area contributed by atoms with Crippen LogP contribution in [0.25, 0.3) is 0 Å². The van der Waals surface area contributed by atoms with Gasteiger partial charge >= 0.3 is 0 Å². The Morgan fingerprint density at radius 3 is 1.49 bits per heavy atom. The molecule has 0 aromatic rings. The van der Waals surface area contributed by atoms with Crippen molar-refractivity contribution in [3.8, 4) is 0 Å². The fourth-order valence-electron chi connectivity index (χ4n) is 9.00. The van der Waals surface area contributed by atoms with Gasteiger partial charge in [0, 0.05) is 26.3 Å². The Bertz CT molecular complexity index is 1200. The molecule has 2 rings (SSSR count). The van der Waals surface area contributed by atoms with E-state index < -0.39 is 85.5 Å². The lowest BCUT2D eigenvalue weighted by molar-refractivity contribution is -0.327. The summed E-state index contributed by atoms with van der Waals surface area (Å²) >= 11 is -4.66. The fourth-order valence-corrected chi connectivity index (χ4v) is 9.53. The molecule has 67 heavy (non-hydrogen) atoms. The van der Waals surface area contributed by atoms with Gasteiger partial charge in [-0.1, -0.05) is 154 Å². The largest absolute Gasteiger partial charge is 0.395 e. The van der Waals surface area contributed by atoms with E-state index in [0.29, 0.717) is 13.2 Å². The number of aliphatic hydroxyl groups is 6. The van der Waals surface area contributed by atoms with Gasteiger partial charge in [-0.3, -0.25) is 22.7 Å². The Labute approximate surface area is 407 Å². The van der Waals surface area contributed by atoms with Crippen LogP contribution >= 0.6 is 11.2 Å². The first-order valence-electron chi connectivity index (χ1n) is 26.6. The number of ether oxygens (including phenoxy) is 4. The summed E-state index contributed by atoms with van der Waals surface area (Å²) in [6, 6.07) is -0.932. The Morgan fingerprint density at radius 2 is 1.03 bits per heavy atom. The van der Waals surface area contributed by atoms with Crippen LogP contribution in [0, 0.1) is 0 Å². The minimum Gasteiger partial charge on any atom is -0.395 e. The number of piperidine rings is 1. The normalized spacial score (nSPS) is 26.0. The average molecular weight is 982 g/mol. The number of β-amino-alcohol motifs (C(OH)–C–C–N with tert-alkyl or cyclic N) is 1. The average Bonchev–Trinajstić information content (AvgIpc) is 3.30. The highest BCUT2D eigenvalue weighted by molar-refractivity contribution is 8.15. The van der Waals surface area contributed by atoms with Crippen molar-refractivity contribution in [3.05, 3.63) is 24.3 Å². The van der Waals surface area contributed by atoms with E-state index in [9.17, 15) is 44.3 Å². The lowest BCUT2D eigenvalue weighted by atomic mass is 9.93. The molecule has 16 heteroatoms. The molecule has 2 fully saturated rings. The van der Waals surface area contributed by atoms with Gasteiger partial charge in [-0.05, 0) is 64.2 Å². The zero-order valence-corrected chi connectivity index (χ0v) is 42.6. The maximum atomic E-state index is 11.1. The number of aliphatic hydroxyl groups excluding tert-OH is 6. The van der Waals surface area contributed by atoms with Gasteiger partial charge < -0.3 is 49.6 Å². The van der Waals surface area contributed by atoms with Crippen LogP contribution in [0.5, 0.6) is 0 Å². The number of allylic oxidation sites excluding steroid dienone is 4. The predicted octanol–water partition coefficient (Wildman–Crippen LogP) is 9.21. The van der Waals surface area contributed by atoms with Crippen LogP contribution in [-0.4, -0.2) is 156 Å². The van der Waals surface area contributed by atoms with Crippen molar-refractivity contribution in [2.24, 2.45) is 0 Å². The summed E-state index contributed by atoms with van der Waals surface area (Å²) in [6.07, 6.45) is 29.9. The standard InChI is InChI=1S/C51H99NO14S/c1-3-5-7-9-11-13-15-17-19-21-23-25-27-29-31-33-35-62-41-42(63-36-34-32-30-28-26-24-22-20-18-16-14-12-10-8-6-4-2)37-52-38-44(55)46(56)49(43(52)39-53)65-51-48(58)50(66-67(59,60)61)47(57)45(40-54)64-51/h17-20,42-51,53-61H,3-16,21-41H2,1-2H3/b19-17-,20-18-/t42?,43-,44+,45-,46-,47+,48-,49-,50+,51+/m1/s1. The second-order valence-corrected chi connectivity index (χ2v) is 20.2. The van der Waals surface area contributed by atoms with E-state index in [1.54, 1.807) is 4.90 Å². The summed E-state index contributed by atoms with van der Waals surface area (Å²) in [6.45, 7) is 4.73. The molecule has 1 unspecified atom stereocenters. The van der Waals surface area contributed by atoms with Crippen molar-refractivity contribution in [2.45, 2.75) is 255 Å². The van der Waals surface area contributed by atoms with E-state index in [2.05, 4.69) is 38.2 Å². The first-order valence-corrected chi connectivity index (χ1v) is 28.1. The number of rotatable bonds is 43. The van der Waals surface area contributed by atoms with Crippen molar-refractivity contribution in [3.63, 3.8) is 0 Å². The molecule has 15 nitrogen and oxygen atoms in total. The van der Waals surface area contributed by atoms with E-state index in [1.165, 1.54) is 128 Å². The molecule has 0 spiro atoms. The summed E-state index contributed by atoms with van der Waals surface area (Å²) in [7, 11) is 0. The molecule has 2 aliphatic heterocycles. The van der Waals surface area contributed by atoms with Crippen LogP contribution in [0.2, 0.25) is 0 Å². The number of nitrogens with zero attached hydrogens (tertiary/aromatic N) is 1. The smallest absolute Gasteiger partial charge is 0.217 e. The molecule has 9 N–H and O–H groups in total. The van der Waals surface area contributed by atoms with Crippen LogP contribution in [-0.2, 0) is 23.1 Å². The summed E-state index contributed by atoms with van der Waals surface area (Å²) in [5.74, 6) is 0. The van der Waals surface area contributed by atoms with E-state index in [-0.39, 0.29) is 19.7 Å². The van der Waals surface area contributed by atoms with E-state index in [0.717, 1.165) is 51.4 Å². The third-order valence-electron chi connectivity index (χ3n) is 13.1. The summed E-state index contributed by atoms with van der Waals surface area (Å²) < 4.78 is 57.3. The van der Waals surface area contributed by atoms with Gasteiger partial charge in [0.15, 0.2) is 6.29 Å². The molecule has 0 amide bonds. The van der Waals surface area contributed by atoms with Gasteiger partial charge in [0.25, 0.3) is 0 Å². The molecule has 398 valence electrons. The van der Waals surface area contributed by atoms with E-state index in [4.69, 9.17) is 23.1 Å². The second kappa shape index (κ2) is 39.8. The van der Waals surface area contributed by atoms with Crippen LogP contribution in [0.1, 0.15) is 194 Å². The zero-order chi connectivity index (χ0) is 49.0. The Morgan fingerprint density at radius 1 is 0.567 bits per heavy atom. The first kappa shape index (κ1) is 62.3. The Kier molecular flexibility index (Phi) is 37.0. The van der Waals surface area contributed by atoms with E-state index >= 15 is 0 Å². The molecule has 2 aliphatic rings. The molecule has 0 radical (unpaired) electrons. The lowest BCUT2D eigenvalue weighted by Crippen LogP contribution is -2.67. The highest BCUT2D eigenvalue weighted by Gasteiger charge is 2.52. The third-order valence-corrected chi connectivity index (χ3v) is 13.6. The maximum Gasteiger partial charge on any atom is 0.217 e. The molecule has 2 saturated heterocycles. The summed E-state index contributed by atoms with van der Waals surface area (Å²) in [4.78, 5) is 1.74. The minimum absolute atomic E-state index is 0.0293. The number of unbranched alkanes of at least 4 members (excludes halogenated alkanes) is 24. The highest BCUT2D eigenvalue weighted by atomic mass is 32.3. The highest BCUT2D eigenvalue weighted by Crippen LogP contribution is 2.40. The van der Waals surface area contributed by atoms with Gasteiger partial charge in [0.2, 0.25) is 11.2 Å². The van der Waals surface area contributed by atoms with Crippen molar-refractivity contribution in [1.29, 1.82) is 0 Å². The third kappa shape index (κ3) is 28.8. The second-order valence-electron chi connectivity index (χ2n) is 19.0. The summed E-state index contributed by atoms with van der Waals surface area (Å²) in [5, 5.41) is 64.2. The quantitative estimate of drug-likeness (QED) is 0.0205. The molecule has 0 bridgehead atoms. The SMILES string of the molecule is CCCCCCCC/C=C\CCCCCCCCOCC(CN1C[C@H](O)[C@@H](O)[C@H](O[C@@H]2O[C@H](CO)[C@H](O)[C@H](OS(O)(O)O)[C@H]2O)[C@H]1CO)OCCCCCCCC/C=C\CCCCCCCC. The predicted molar refractivity (Wildman–Crippen MR) is 267 cm³/mol. The number of likely N-dealkylation sites (tertiary alicyclic amines) is 1. The lowest BCUT2D eigenvalue weighted by Gasteiger charge is -2.49. The van der Waals surface area contributed by atoms with Gasteiger partial charge in [-0.25, -0.2) is 0 Å². The zero-order valence-electron chi connectivity index (χ0n) is 41.8. The molecular formula is C51H99NO14S. The Hall–Kier alpha value is -0.770. The van der Waals surface area contributed by atoms with Crippen molar-refractivity contribution in [1.82, 2.24) is 4.90 Å². The molecule has 0 aromatic carbocycles.